The number of amides is 1. The molecule has 168 valence electrons. The van der Waals surface area contributed by atoms with Gasteiger partial charge < -0.3 is 24.8 Å². The lowest BCUT2D eigenvalue weighted by atomic mass is 9.86. The van der Waals surface area contributed by atoms with Crippen LogP contribution in [0, 0.1) is 5.41 Å². The van der Waals surface area contributed by atoms with E-state index in [1.165, 1.54) is 0 Å². The molecule has 1 atom stereocenters. The summed E-state index contributed by atoms with van der Waals surface area (Å²) in [6.45, 7) is 9.73. The second-order valence-electron chi connectivity index (χ2n) is 7.98. The third-order valence-corrected chi connectivity index (χ3v) is 5.01. The quantitative estimate of drug-likeness (QED) is 0.715. The van der Waals surface area contributed by atoms with Crippen molar-refractivity contribution in [3.8, 4) is 17.2 Å². The van der Waals surface area contributed by atoms with Crippen molar-refractivity contribution in [2.75, 3.05) is 47.5 Å². The van der Waals surface area contributed by atoms with Crippen LogP contribution < -0.4 is 19.9 Å². The van der Waals surface area contributed by atoms with Gasteiger partial charge in [-0.1, -0.05) is 20.8 Å². The third kappa shape index (κ3) is 6.81. The van der Waals surface area contributed by atoms with E-state index >= 15 is 0 Å². The van der Waals surface area contributed by atoms with Gasteiger partial charge in [-0.2, -0.15) is 0 Å². The monoisotopic (exact) mass is 451 g/mol. The molecule has 29 heavy (non-hydrogen) atoms. The molecule has 0 aromatic heterocycles. The Morgan fingerprint density at radius 3 is 1.86 bits per heavy atom. The Labute approximate surface area is 186 Å². The second kappa shape index (κ2) is 11.7. The van der Waals surface area contributed by atoms with E-state index in [0.29, 0.717) is 30.3 Å². The first kappa shape index (κ1) is 27.6. The zero-order valence-corrected chi connectivity index (χ0v) is 19.8. The lowest BCUT2D eigenvalue weighted by Crippen LogP contribution is -2.56. The Balaban J connectivity index is 0.00000392. The molecular formula is C20H35Cl2N3O4. The van der Waals surface area contributed by atoms with Crippen LogP contribution in [0.2, 0.25) is 0 Å². The summed E-state index contributed by atoms with van der Waals surface area (Å²) in [5.74, 6) is 1.93. The summed E-state index contributed by atoms with van der Waals surface area (Å²) in [5.41, 5.74) is 6.98. The molecule has 1 fully saturated rings. The van der Waals surface area contributed by atoms with Crippen molar-refractivity contribution in [1.82, 2.24) is 9.80 Å². The standard InChI is InChI=1S/C20H33N3O4.2ClH/c1-20(2,3)18(21)19(24)23-9-7-22(8-10-23)13-14-11-15(25-4)17(27-6)16(12-14)26-5;;/h11-12,18H,7-10,13,21H2,1-6H3;2*1H/t18-;;/m1../s1. The van der Waals surface area contributed by atoms with Crippen molar-refractivity contribution in [2.45, 2.75) is 33.4 Å². The summed E-state index contributed by atoms with van der Waals surface area (Å²) in [6.07, 6.45) is 0. The Kier molecular flexibility index (Phi) is 11.1. The number of methoxy groups -OCH3 is 3. The number of hydrogen-bond donors (Lipinski definition) is 1. The summed E-state index contributed by atoms with van der Waals surface area (Å²) in [4.78, 5) is 16.8. The number of nitrogens with zero attached hydrogens (tertiary/aromatic N) is 2. The molecule has 0 bridgehead atoms. The Bertz CT molecular complexity index is 635. The molecule has 2 N–H and O–H groups in total. The van der Waals surface area contributed by atoms with E-state index in [2.05, 4.69) is 4.90 Å². The highest BCUT2D eigenvalue weighted by Crippen LogP contribution is 2.38. The molecule has 0 unspecified atom stereocenters. The van der Waals surface area contributed by atoms with Gasteiger partial charge in [0.1, 0.15) is 0 Å². The number of piperazine rings is 1. The average Bonchev–Trinajstić information content (AvgIpc) is 2.65. The molecule has 1 saturated heterocycles. The fraction of sp³-hybridized carbons (Fsp3) is 0.650. The van der Waals surface area contributed by atoms with Crippen LogP contribution in [0.4, 0.5) is 0 Å². The number of ether oxygens (including phenoxy) is 3. The van der Waals surface area contributed by atoms with E-state index < -0.39 is 6.04 Å². The molecule has 1 aromatic carbocycles. The first-order chi connectivity index (χ1) is 12.7. The van der Waals surface area contributed by atoms with Crippen molar-refractivity contribution < 1.29 is 19.0 Å². The molecule has 1 amide bonds. The van der Waals surface area contributed by atoms with Gasteiger partial charge in [0.25, 0.3) is 0 Å². The van der Waals surface area contributed by atoms with Crippen LogP contribution in [-0.4, -0.2) is 69.3 Å². The minimum absolute atomic E-state index is 0. The van der Waals surface area contributed by atoms with Gasteiger partial charge >= 0.3 is 0 Å². The zero-order chi connectivity index (χ0) is 20.2. The van der Waals surface area contributed by atoms with Gasteiger partial charge in [0.2, 0.25) is 11.7 Å². The van der Waals surface area contributed by atoms with Gasteiger partial charge in [0.15, 0.2) is 11.5 Å². The maximum absolute atomic E-state index is 12.6. The molecule has 1 heterocycles. The molecule has 1 aliphatic heterocycles. The number of halogens is 2. The van der Waals surface area contributed by atoms with Crippen LogP contribution in [0.5, 0.6) is 17.2 Å². The van der Waals surface area contributed by atoms with Crippen molar-refractivity contribution in [3.05, 3.63) is 17.7 Å². The SMILES string of the molecule is COc1cc(CN2CCN(C(=O)[C@@H](N)C(C)(C)C)CC2)cc(OC)c1OC.Cl.Cl. The fourth-order valence-corrected chi connectivity index (χ4v) is 3.18. The Morgan fingerprint density at radius 2 is 1.48 bits per heavy atom. The van der Waals surface area contributed by atoms with Gasteiger partial charge in [-0.05, 0) is 23.1 Å². The minimum atomic E-state index is -0.473. The Hall–Kier alpha value is -1.41. The van der Waals surface area contributed by atoms with Crippen LogP contribution in [0.15, 0.2) is 12.1 Å². The normalized spacial score (nSPS) is 15.6. The smallest absolute Gasteiger partial charge is 0.240 e. The highest BCUT2D eigenvalue weighted by molar-refractivity contribution is 5.85. The van der Waals surface area contributed by atoms with Crippen LogP contribution in [0.1, 0.15) is 26.3 Å². The van der Waals surface area contributed by atoms with Gasteiger partial charge in [-0.15, -0.1) is 24.8 Å². The number of nitrogens with two attached hydrogens (primary N) is 1. The maximum Gasteiger partial charge on any atom is 0.240 e. The zero-order valence-electron chi connectivity index (χ0n) is 18.2. The van der Waals surface area contributed by atoms with Crippen molar-refractivity contribution in [2.24, 2.45) is 11.1 Å². The molecule has 1 aromatic rings. The Morgan fingerprint density at radius 1 is 1.00 bits per heavy atom. The largest absolute Gasteiger partial charge is 0.493 e. The highest BCUT2D eigenvalue weighted by Gasteiger charge is 2.32. The van der Waals surface area contributed by atoms with Gasteiger partial charge in [-0.3, -0.25) is 9.69 Å². The minimum Gasteiger partial charge on any atom is -0.493 e. The van der Waals surface area contributed by atoms with E-state index in [1.807, 2.05) is 37.8 Å². The van der Waals surface area contributed by atoms with E-state index in [1.54, 1.807) is 21.3 Å². The van der Waals surface area contributed by atoms with Crippen LogP contribution >= 0.6 is 24.8 Å². The predicted molar refractivity (Wildman–Crippen MR) is 120 cm³/mol. The predicted octanol–water partition coefficient (Wildman–Crippen LogP) is 2.57. The molecule has 0 spiro atoms. The van der Waals surface area contributed by atoms with E-state index in [4.69, 9.17) is 19.9 Å². The third-order valence-electron chi connectivity index (χ3n) is 5.01. The van der Waals surface area contributed by atoms with Gasteiger partial charge in [-0.25, -0.2) is 0 Å². The number of carbonyl (C=O) groups excluding carboxylic acids is 1. The topological polar surface area (TPSA) is 77.3 Å². The van der Waals surface area contributed by atoms with Crippen molar-refractivity contribution >= 4 is 30.7 Å². The molecule has 0 aliphatic carbocycles. The highest BCUT2D eigenvalue weighted by atomic mass is 35.5. The molecule has 1 aliphatic rings. The summed E-state index contributed by atoms with van der Waals surface area (Å²) < 4.78 is 16.2. The maximum atomic E-state index is 12.6. The van der Waals surface area contributed by atoms with E-state index in [9.17, 15) is 4.79 Å². The van der Waals surface area contributed by atoms with E-state index in [-0.39, 0.29) is 36.1 Å². The van der Waals surface area contributed by atoms with Crippen molar-refractivity contribution in [1.29, 1.82) is 0 Å². The molecule has 9 heteroatoms. The molecule has 0 radical (unpaired) electrons. The molecule has 0 saturated carbocycles. The van der Waals surface area contributed by atoms with Crippen LogP contribution in [-0.2, 0) is 11.3 Å². The van der Waals surface area contributed by atoms with E-state index in [0.717, 1.165) is 25.2 Å². The summed E-state index contributed by atoms with van der Waals surface area (Å²) >= 11 is 0. The second-order valence-corrected chi connectivity index (χ2v) is 7.98. The lowest BCUT2D eigenvalue weighted by molar-refractivity contribution is -0.136. The number of carbonyl (C=O) groups is 1. The van der Waals surface area contributed by atoms with Crippen LogP contribution in [0.25, 0.3) is 0 Å². The van der Waals surface area contributed by atoms with Gasteiger partial charge in [0, 0.05) is 32.7 Å². The fourth-order valence-electron chi connectivity index (χ4n) is 3.18. The average molecular weight is 452 g/mol. The molecule has 2 rings (SSSR count). The lowest BCUT2D eigenvalue weighted by Gasteiger charge is -2.38. The number of benzene rings is 1. The summed E-state index contributed by atoms with van der Waals surface area (Å²) in [6, 6.07) is 3.46. The van der Waals surface area contributed by atoms with Crippen molar-refractivity contribution in [3.63, 3.8) is 0 Å². The summed E-state index contributed by atoms with van der Waals surface area (Å²) in [5, 5.41) is 0. The van der Waals surface area contributed by atoms with Crippen LogP contribution in [0.3, 0.4) is 0 Å². The molecule has 7 nitrogen and oxygen atoms in total. The molecular weight excluding hydrogens is 417 g/mol. The summed E-state index contributed by atoms with van der Waals surface area (Å²) in [7, 11) is 4.83. The first-order valence-corrected chi connectivity index (χ1v) is 9.26. The number of rotatable bonds is 6. The van der Waals surface area contributed by atoms with Gasteiger partial charge in [0.05, 0.1) is 27.4 Å². The number of hydrogen-bond acceptors (Lipinski definition) is 6. The first-order valence-electron chi connectivity index (χ1n) is 9.26.